The van der Waals surface area contributed by atoms with Gasteiger partial charge in [0.2, 0.25) is 0 Å². The van der Waals surface area contributed by atoms with Gasteiger partial charge in [0.1, 0.15) is 5.82 Å². The van der Waals surface area contributed by atoms with Gasteiger partial charge >= 0.3 is 0 Å². The Kier molecular flexibility index (Phi) is 2.64. The van der Waals surface area contributed by atoms with Crippen molar-refractivity contribution >= 4 is 17.3 Å². The third-order valence-corrected chi connectivity index (χ3v) is 2.70. The quantitative estimate of drug-likeness (QED) is 0.647. The zero-order valence-corrected chi connectivity index (χ0v) is 8.90. The zero-order chi connectivity index (χ0) is 10.8. The minimum Gasteiger partial charge on any atom is -0.396 e. The monoisotopic (exact) mass is 207 g/mol. The molecule has 0 bridgehead atoms. The van der Waals surface area contributed by atoms with Crippen LogP contribution in [0.1, 0.15) is 6.42 Å². The van der Waals surface area contributed by atoms with Gasteiger partial charge in [-0.05, 0) is 18.6 Å². The van der Waals surface area contributed by atoms with Crippen LogP contribution in [0.25, 0.3) is 0 Å². The fourth-order valence-corrected chi connectivity index (χ4v) is 1.83. The van der Waals surface area contributed by atoms with E-state index >= 15 is 0 Å². The molecule has 1 aliphatic heterocycles. The molecule has 1 saturated heterocycles. The molecule has 82 valence electrons. The van der Waals surface area contributed by atoms with E-state index in [1.165, 1.54) is 0 Å². The van der Waals surface area contributed by atoms with E-state index in [0.29, 0.717) is 5.69 Å². The molecule has 0 amide bonds. The Hall–Kier alpha value is -1.49. The van der Waals surface area contributed by atoms with Crippen molar-refractivity contribution in [3.63, 3.8) is 0 Å². The van der Waals surface area contributed by atoms with Crippen LogP contribution in [-0.2, 0) is 0 Å². The van der Waals surface area contributed by atoms with E-state index in [0.717, 1.165) is 31.1 Å². The van der Waals surface area contributed by atoms with Gasteiger partial charge in [0.25, 0.3) is 0 Å². The molecule has 1 aromatic rings. The molecule has 2 rings (SSSR count). The van der Waals surface area contributed by atoms with Gasteiger partial charge in [-0.3, -0.25) is 0 Å². The maximum Gasteiger partial charge on any atom is 0.151 e. The number of nitrogens with zero attached hydrogens (tertiary/aromatic N) is 2. The number of hydrogen-bond donors (Lipinski definition) is 3. The lowest BCUT2D eigenvalue weighted by Gasteiger charge is -2.18. The molecule has 0 spiro atoms. The van der Waals surface area contributed by atoms with Crippen LogP contribution in [0.5, 0.6) is 0 Å². The summed E-state index contributed by atoms with van der Waals surface area (Å²) in [5, 5.41) is 2.98. The van der Waals surface area contributed by atoms with E-state index in [4.69, 9.17) is 11.5 Å². The smallest absolute Gasteiger partial charge is 0.151 e. The van der Waals surface area contributed by atoms with E-state index < -0.39 is 0 Å². The van der Waals surface area contributed by atoms with Crippen molar-refractivity contribution in [3.05, 3.63) is 12.1 Å². The molecule has 0 aliphatic carbocycles. The van der Waals surface area contributed by atoms with E-state index in [2.05, 4.69) is 15.2 Å². The number of hydrogen-bond acceptors (Lipinski definition) is 5. The van der Waals surface area contributed by atoms with Crippen LogP contribution in [0.3, 0.4) is 0 Å². The van der Waals surface area contributed by atoms with Gasteiger partial charge in [-0.15, -0.1) is 0 Å². The summed E-state index contributed by atoms with van der Waals surface area (Å²) in [5.74, 6) is 1.68. The fraction of sp³-hybridized carbons (Fsp3) is 0.500. The zero-order valence-electron chi connectivity index (χ0n) is 8.90. The Morgan fingerprint density at radius 3 is 2.93 bits per heavy atom. The van der Waals surface area contributed by atoms with Crippen molar-refractivity contribution in [2.75, 3.05) is 36.1 Å². The van der Waals surface area contributed by atoms with Gasteiger partial charge in [0.15, 0.2) is 5.82 Å². The average molecular weight is 207 g/mol. The molecule has 1 aromatic heterocycles. The molecule has 5 heteroatoms. The molecule has 15 heavy (non-hydrogen) atoms. The Morgan fingerprint density at radius 1 is 1.53 bits per heavy atom. The average Bonchev–Trinajstić information content (AvgIpc) is 2.66. The van der Waals surface area contributed by atoms with Gasteiger partial charge in [0, 0.05) is 26.2 Å². The minimum atomic E-state index is 0.266. The van der Waals surface area contributed by atoms with E-state index in [9.17, 15) is 0 Å². The first-order chi connectivity index (χ1) is 7.20. The van der Waals surface area contributed by atoms with Crippen molar-refractivity contribution < 1.29 is 0 Å². The molecule has 0 saturated carbocycles. The highest BCUT2D eigenvalue weighted by atomic mass is 15.2. The molecular formula is C10H17N5. The van der Waals surface area contributed by atoms with E-state index in [1.807, 2.05) is 19.2 Å². The van der Waals surface area contributed by atoms with Gasteiger partial charge in [-0.25, -0.2) is 4.98 Å². The van der Waals surface area contributed by atoms with Crippen molar-refractivity contribution in [2.24, 2.45) is 5.73 Å². The van der Waals surface area contributed by atoms with Crippen LogP contribution >= 0.6 is 0 Å². The lowest BCUT2D eigenvalue weighted by molar-refractivity contribution is 0.751. The van der Waals surface area contributed by atoms with Gasteiger partial charge in [-0.1, -0.05) is 0 Å². The maximum atomic E-state index is 5.85. The summed E-state index contributed by atoms with van der Waals surface area (Å²) in [5.41, 5.74) is 12.3. The van der Waals surface area contributed by atoms with Crippen LogP contribution in [-0.4, -0.2) is 31.2 Å². The van der Waals surface area contributed by atoms with E-state index in [-0.39, 0.29) is 6.04 Å². The van der Waals surface area contributed by atoms with Crippen molar-refractivity contribution in [1.82, 2.24) is 4.98 Å². The second kappa shape index (κ2) is 3.94. The number of nitrogens with one attached hydrogen (secondary N) is 1. The summed E-state index contributed by atoms with van der Waals surface area (Å²) in [6, 6.07) is 4.08. The van der Waals surface area contributed by atoms with Gasteiger partial charge in [-0.2, -0.15) is 0 Å². The van der Waals surface area contributed by atoms with Crippen LogP contribution in [0.4, 0.5) is 17.3 Å². The Bertz CT molecular complexity index is 352. The summed E-state index contributed by atoms with van der Waals surface area (Å²) in [6.07, 6.45) is 1.03. The number of pyridine rings is 1. The Labute approximate surface area is 89.5 Å². The highest BCUT2D eigenvalue weighted by Crippen LogP contribution is 2.22. The van der Waals surface area contributed by atoms with Crippen molar-refractivity contribution in [1.29, 1.82) is 0 Å². The first kappa shape index (κ1) is 10.0. The summed E-state index contributed by atoms with van der Waals surface area (Å²) >= 11 is 0. The maximum absolute atomic E-state index is 5.85. The van der Waals surface area contributed by atoms with Crippen LogP contribution < -0.4 is 21.7 Å². The van der Waals surface area contributed by atoms with Crippen LogP contribution in [0.2, 0.25) is 0 Å². The Morgan fingerprint density at radius 2 is 2.33 bits per heavy atom. The first-order valence-electron chi connectivity index (χ1n) is 5.15. The minimum absolute atomic E-state index is 0.266. The summed E-state index contributed by atoms with van der Waals surface area (Å²) in [7, 11) is 1.82. The summed E-state index contributed by atoms with van der Waals surface area (Å²) in [4.78, 5) is 6.63. The molecule has 1 aliphatic rings. The number of anilines is 3. The summed E-state index contributed by atoms with van der Waals surface area (Å²) < 4.78 is 0. The predicted molar refractivity (Wildman–Crippen MR) is 63.0 cm³/mol. The SMILES string of the molecule is CNc1nc(N2CCC(N)C2)ccc1N. The third-order valence-electron chi connectivity index (χ3n) is 2.70. The lowest BCUT2D eigenvalue weighted by Crippen LogP contribution is -2.27. The Balaban J connectivity index is 2.21. The number of aromatic nitrogens is 1. The topological polar surface area (TPSA) is 80.2 Å². The van der Waals surface area contributed by atoms with Crippen LogP contribution in [0, 0.1) is 0 Å². The highest BCUT2D eigenvalue weighted by Gasteiger charge is 2.20. The van der Waals surface area contributed by atoms with Crippen molar-refractivity contribution in [3.8, 4) is 0 Å². The standard InChI is InChI=1S/C10H17N5/c1-13-10-8(12)2-3-9(14-10)15-5-4-7(11)6-15/h2-3,7H,4-6,11-12H2,1H3,(H,13,14). The number of rotatable bonds is 2. The second-order valence-electron chi connectivity index (χ2n) is 3.85. The molecular weight excluding hydrogens is 190 g/mol. The molecule has 0 aromatic carbocycles. The van der Waals surface area contributed by atoms with E-state index in [1.54, 1.807) is 0 Å². The van der Waals surface area contributed by atoms with Crippen LogP contribution in [0.15, 0.2) is 12.1 Å². The predicted octanol–water partition coefficient (Wildman–Crippen LogP) is 0.243. The van der Waals surface area contributed by atoms with Gasteiger partial charge in [0.05, 0.1) is 5.69 Å². The number of nitrogen functional groups attached to an aromatic ring is 1. The lowest BCUT2D eigenvalue weighted by atomic mass is 10.3. The fourth-order valence-electron chi connectivity index (χ4n) is 1.83. The first-order valence-corrected chi connectivity index (χ1v) is 5.15. The molecule has 5 N–H and O–H groups in total. The molecule has 1 fully saturated rings. The van der Waals surface area contributed by atoms with Gasteiger partial charge < -0.3 is 21.7 Å². The molecule has 1 unspecified atom stereocenters. The summed E-state index contributed by atoms with van der Waals surface area (Å²) in [6.45, 7) is 1.85. The molecule has 0 radical (unpaired) electrons. The third kappa shape index (κ3) is 1.97. The highest BCUT2D eigenvalue weighted by molar-refractivity contribution is 5.64. The molecule has 2 heterocycles. The second-order valence-corrected chi connectivity index (χ2v) is 3.85. The number of nitrogens with two attached hydrogens (primary N) is 2. The molecule has 1 atom stereocenters. The molecule has 5 nitrogen and oxygen atoms in total. The normalized spacial score (nSPS) is 20.7. The largest absolute Gasteiger partial charge is 0.396 e. The van der Waals surface area contributed by atoms with Crippen molar-refractivity contribution in [2.45, 2.75) is 12.5 Å².